The lowest BCUT2D eigenvalue weighted by atomic mass is 10.1. The van der Waals surface area contributed by atoms with Crippen LogP contribution in [-0.4, -0.2) is 27.1 Å². The van der Waals surface area contributed by atoms with Crippen LogP contribution in [0.1, 0.15) is 18.9 Å². The van der Waals surface area contributed by atoms with Crippen molar-refractivity contribution < 1.29 is 26.3 Å². The van der Waals surface area contributed by atoms with Crippen LogP contribution in [0.25, 0.3) is 0 Å². The maximum atomic E-state index is 13.0. The third kappa shape index (κ3) is 6.41. The maximum Gasteiger partial charge on any atom is 0.416 e. The van der Waals surface area contributed by atoms with Crippen LogP contribution >= 0.6 is 35.0 Å². The Morgan fingerprint density at radius 1 is 1.03 bits per heavy atom. The molecule has 0 amide bonds. The number of halogens is 5. The molecule has 0 spiro atoms. The van der Waals surface area contributed by atoms with Crippen LogP contribution in [-0.2, 0) is 16.2 Å². The molecule has 3 aromatic rings. The molecular formula is C24H21Cl2F3N2O3S2. The van der Waals surface area contributed by atoms with Crippen molar-refractivity contribution in [3.8, 4) is 5.75 Å². The molecule has 4 rings (SSSR count). The van der Waals surface area contributed by atoms with Gasteiger partial charge in [0.1, 0.15) is 16.2 Å². The average Bonchev–Trinajstić information content (AvgIpc) is 3.21. The molecule has 1 aliphatic heterocycles. The summed E-state index contributed by atoms with van der Waals surface area (Å²) in [5.74, 6) is 0.349. The van der Waals surface area contributed by atoms with Crippen molar-refractivity contribution in [3.63, 3.8) is 0 Å². The number of hydrogen-bond acceptors (Lipinski definition) is 5. The molecule has 2 N–H and O–H groups in total. The highest BCUT2D eigenvalue weighted by Gasteiger charge is 2.32. The Hall–Kier alpha value is -2.11. The topological polar surface area (TPSA) is 67.4 Å². The van der Waals surface area contributed by atoms with Crippen LogP contribution in [0.4, 0.5) is 18.9 Å². The van der Waals surface area contributed by atoms with Gasteiger partial charge in [0.15, 0.2) is 0 Å². The summed E-state index contributed by atoms with van der Waals surface area (Å²) in [6, 6.07) is 13.6. The first kappa shape index (κ1) is 26.9. The number of anilines is 1. The van der Waals surface area contributed by atoms with Crippen molar-refractivity contribution in [2.75, 3.05) is 17.8 Å². The Morgan fingerprint density at radius 2 is 1.78 bits per heavy atom. The van der Waals surface area contributed by atoms with Crippen LogP contribution < -0.4 is 14.8 Å². The van der Waals surface area contributed by atoms with Crippen LogP contribution in [0.3, 0.4) is 0 Å². The van der Waals surface area contributed by atoms with Crippen molar-refractivity contribution >= 4 is 50.7 Å². The van der Waals surface area contributed by atoms with E-state index in [1.807, 2.05) is 6.92 Å². The summed E-state index contributed by atoms with van der Waals surface area (Å²) in [4.78, 5) is 0.648. The van der Waals surface area contributed by atoms with Gasteiger partial charge < -0.3 is 10.1 Å². The third-order valence-electron chi connectivity index (χ3n) is 5.46. The minimum absolute atomic E-state index is 0.0746. The summed E-state index contributed by atoms with van der Waals surface area (Å²) in [5.41, 5.74) is -0.994. The number of nitrogens with one attached hydrogen (secondary N) is 2. The zero-order valence-corrected chi connectivity index (χ0v) is 22.0. The number of benzene rings is 3. The molecule has 1 atom stereocenters. The van der Waals surface area contributed by atoms with E-state index in [9.17, 15) is 21.6 Å². The lowest BCUT2D eigenvalue weighted by molar-refractivity contribution is -0.137. The van der Waals surface area contributed by atoms with Crippen LogP contribution in [0.5, 0.6) is 5.75 Å². The van der Waals surface area contributed by atoms with Crippen molar-refractivity contribution in [1.29, 1.82) is 0 Å². The lowest BCUT2D eigenvalue weighted by Gasteiger charge is -2.25. The first-order valence-corrected chi connectivity index (χ1v) is 13.8. The minimum atomic E-state index is -4.46. The third-order valence-corrected chi connectivity index (χ3v) is 8.62. The van der Waals surface area contributed by atoms with E-state index in [0.29, 0.717) is 27.1 Å². The second-order valence-corrected chi connectivity index (χ2v) is 12.1. The molecule has 0 radical (unpaired) electrons. The van der Waals surface area contributed by atoms with Gasteiger partial charge in [-0.3, -0.25) is 4.72 Å². The zero-order chi connectivity index (χ0) is 26.1. The zero-order valence-electron chi connectivity index (χ0n) is 18.8. The summed E-state index contributed by atoms with van der Waals surface area (Å²) >= 11 is 13.6. The van der Waals surface area contributed by atoms with E-state index in [2.05, 4.69) is 10.0 Å². The van der Waals surface area contributed by atoms with Crippen molar-refractivity contribution in [3.05, 3.63) is 76.3 Å². The maximum absolute atomic E-state index is 13.0. The summed E-state index contributed by atoms with van der Waals surface area (Å²) < 4.78 is 73.5. The fraction of sp³-hybridized carbons (Fsp3) is 0.250. The highest BCUT2D eigenvalue weighted by Crippen LogP contribution is 2.37. The van der Waals surface area contributed by atoms with Gasteiger partial charge >= 0.3 is 6.18 Å². The number of hydrogen-bond donors (Lipinski definition) is 2. The number of rotatable bonds is 7. The van der Waals surface area contributed by atoms with Gasteiger partial charge in [-0.25, -0.2) is 8.42 Å². The Balaban J connectivity index is 1.52. The second kappa shape index (κ2) is 10.3. The molecule has 1 fully saturated rings. The van der Waals surface area contributed by atoms with Gasteiger partial charge in [0.05, 0.1) is 21.3 Å². The largest absolute Gasteiger partial charge is 0.485 e. The van der Waals surface area contributed by atoms with Crippen LogP contribution in [0.2, 0.25) is 10.0 Å². The average molecular weight is 577 g/mol. The molecule has 12 heteroatoms. The molecule has 1 saturated heterocycles. The standard InChI is InChI=1S/C24H21Cl2F3N2O3S2/c1-23(9-10-30-14-23)34-21-12-16(5-7-19(21)25)31-36(32,33)22-8-6-18(13-20(22)26)35-17-4-2-3-15(11-17)24(27,28)29/h2-8,11-13,30-31H,9-10,14H2,1H3/t23-/m1/s1. The van der Waals surface area contributed by atoms with Crippen molar-refractivity contribution in [2.45, 2.75) is 39.8 Å². The molecule has 3 aromatic carbocycles. The molecule has 1 aliphatic rings. The highest BCUT2D eigenvalue weighted by atomic mass is 35.5. The quantitative estimate of drug-likeness (QED) is 0.314. The molecule has 0 saturated carbocycles. The highest BCUT2D eigenvalue weighted by molar-refractivity contribution is 7.99. The van der Waals surface area contributed by atoms with Crippen molar-refractivity contribution in [1.82, 2.24) is 5.32 Å². The molecule has 192 valence electrons. The van der Waals surface area contributed by atoms with Crippen LogP contribution in [0.15, 0.2) is 75.4 Å². The summed E-state index contributed by atoms with van der Waals surface area (Å²) in [6.45, 7) is 3.39. The van der Waals surface area contributed by atoms with E-state index in [4.69, 9.17) is 27.9 Å². The molecule has 0 bridgehead atoms. The lowest BCUT2D eigenvalue weighted by Crippen LogP contribution is -2.34. The van der Waals surface area contributed by atoms with E-state index in [1.54, 1.807) is 0 Å². The molecule has 36 heavy (non-hydrogen) atoms. The Bertz CT molecular complexity index is 1380. The van der Waals surface area contributed by atoms with Gasteiger partial charge in [0, 0.05) is 28.8 Å². The van der Waals surface area contributed by atoms with E-state index in [0.717, 1.165) is 36.9 Å². The van der Waals surface area contributed by atoms with Gasteiger partial charge in [0.25, 0.3) is 10.0 Å². The fourth-order valence-corrected chi connectivity index (χ4v) is 6.37. The smallest absolute Gasteiger partial charge is 0.416 e. The Morgan fingerprint density at radius 3 is 2.44 bits per heavy atom. The second-order valence-electron chi connectivity index (χ2n) is 8.45. The summed E-state index contributed by atoms with van der Waals surface area (Å²) in [5, 5.41) is 3.49. The monoisotopic (exact) mass is 576 g/mol. The number of alkyl halides is 3. The summed E-state index contributed by atoms with van der Waals surface area (Å²) in [6.07, 6.45) is -3.68. The normalized spacial score (nSPS) is 18.3. The van der Waals surface area contributed by atoms with Crippen molar-refractivity contribution in [2.24, 2.45) is 0 Å². The molecule has 1 heterocycles. The molecular weight excluding hydrogens is 556 g/mol. The van der Waals surface area contributed by atoms with Gasteiger partial charge in [-0.1, -0.05) is 41.0 Å². The van der Waals surface area contributed by atoms with Gasteiger partial charge in [-0.05, 0) is 62.0 Å². The van der Waals surface area contributed by atoms with E-state index in [-0.39, 0.29) is 15.6 Å². The number of ether oxygens (including phenoxy) is 1. The van der Waals surface area contributed by atoms with E-state index in [1.165, 1.54) is 48.5 Å². The fourth-order valence-electron chi connectivity index (χ4n) is 3.64. The SMILES string of the molecule is C[C@@]1(Oc2cc(NS(=O)(=O)c3ccc(Sc4cccc(C(F)(F)F)c4)cc3Cl)ccc2Cl)CCNC1. The van der Waals surface area contributed by atoms with Gasteiger partial charge in [0.2, 0.25) is 0 Å². The van der Waals surface area contributed by atoms with Gasteiger partial charge in [-0.15, -0.1) is 0 Å². The van der Waals surface area contributed by atoms with E-state index < -0.39 is 27.4 Å². The predicted octanol–water partition coefficient (Wildman–Crippen LogP) is 7.10. The first-order valence-electron chi connectivity index (χ1n) is 10.7. The van der Waals surface area contributed by atoms with Crippen LogP contribution in [0, 0.1) is 0 Å². The Kier molecular flexibility index (Phi) is 7.73. The molecule has 5 nitrogen and oxygen atoms in total. The molecule has 0 aromatic heterocycles. The minimum Gasteiger partial charge on any atom is -0.485 e. The predicted molar refractivity (Wildman–Crippen MR) is 136 cm³/mol. The first-order chi connectivity index (χ1) is 16.8. The molecule has 0 unspecified atom stereocenters. The van der Waals surface area contributed by atoms with Gasteiger partial charge in [-0.2, -0.15) is 13.2 Å². The Labute approximate surface area is 221 Å². The summed E-state index contributed by atoms with van der Waals surface area (Å²) in [7, 11) is -4.08. The molecule has 0 aliphatic carbocycles. The van der Waals surface area contributed by atoms with E-state index >= 15 is 0 Å². The number of sulfonamides is 1.